The monoisotopic (exact) mass is 890 g/mol. The standard InChI is InChI=1S/C57H111NO5/c1-4-7-10-13-16-19-22-25-26-27-28-29-32-35-38-41-44-47-50-57(62)63-53(48-45-42-39-36-33-30-23-20-17-14-11-8-5-2)51-56(61)58-54(52-59)55(60)49-46-43-40-37-34-31-24-21-18-15-12-9-6-3/h28-29,53-55,59-60H,4-27,30-52H2,1-3H3,(H,58,61)/b29-28+. The number of nitrogens with one attached hydrogen (secondary N) is 1. The van der Waals surface area contributed by atoms with Gasteiger partial charge in [0.1, 0.15) is 6.10 Å². The number of unbranched alkanes of at least 4 members (excludes halogenated alkanes) is 38. The molecule has 6 heteroatoms. The van der Waals surface area contributed by atoms with Gasteiger partial charge in [-0.1, -0.05) is 264 Å². The van der Waals surface area contributed by atoms with E-state index in [9.17, 15) is 19.8 Å². The third kappa shape index (κ3) is 46.9. The van der Waals surface area contributed by atoms with Gasteiger partial charge >= 0.3 is 5.97 Å². The smallest absolute Gasteiger partial charge is 0.306 e. The zero-order chi connectivity index (χ0) is 45.9. The van der Waals surface area contributed by atoms with Crippen LogP contribution < -0.4 is 5.32 Å². The SMILES string of the molecule is CCCCCCCCCCC/C=C/CCCCCCCC(=O)OC(CCCCCCCCCCCCCCC)CC(=O)NC(CO)C(O)CCCCCCCCCCCCCCC. The Morgan fingerprint density at radius 1 is 0.444 bits per heavy atom. The molecule has 0 saturated heterocycles. The zero-order valence-electron chi connectivity index (χ0n) is 42.7. The maximum Gasteiger partial charge on any atom is 0.306 e. The van der Waals surface area contributed by atoms with E-state index in [-0.39, 0.29) is 24.9 Å². The molecule has 0 saturated carbocycles. The average molecular weight is 891 g/mol. The van der Waals surface area contributed by atoms with Crippen molar-refractivity contribution in [2.24, 2.45) is 0 Å². The van der Waals surface area contributed by atoms with Crippen LogP contribution in [0.1, 0.15) is 316 Å². The minimum absolute atomic E-state index is 0.0819. The van der Waals surface area contributed by atoms with Gasteiger partial charge in [-0.15, -0.1) is 0 Å². The van der Waals surface area contributed by atoms with Gasteiger partial charge in [0.2, 0.25) is 5.91 Å². The molecular weight excluding hydrogens is 779 g/mol. The number of rotatable bonds is 52. The van der Waals surface area contributed by atoms with E-state index >= 15 is 0 Å². The van der Waals surface area contributed by atoms with Crippen LogP contribution in [0.25, 0.3) is 0 Å². The summed E-state index contributed by atoms with van der Waals surface area (Å²) in [5, 5.41) is 23.8. The summed E-state index contributed by atoms with van der Waals surface area (Å²) in [4.78, 5) is 26.2. The van der Waals surface area contributed by atoms with Crippen LogP contribution in [-0.4, -0.2) is 46.9 Å². The number of carbonyl (C=O) groups is 2. The first-order valence-electron chi connectivity index (χ1n) is 28.4. The summed E-state index contributed by atoms with van der Waals surface area (Å²) >= 11 is 0. The van der Waals surface area contributed by atoms with E-state index in [1.165, 1.54) is 218 Å². The molecule has 0 aromatic rings. The van der Waals surface area contributed by atoms with Gasteiger partial charge in [-0.3, -0.25) is 9.59 Å². The van der Waals surface area contributed by atoms with E-state index in [0.29, 0.717) is 19.3 Å². The van der Waals surface area contributed by atoms with Gasteiger partial charge in [-0.25, -0.2) is 0 Å². The van der Waals surface area contributed by atoms with Crippen LogP contribution in [0.5, 0.6) is 0 Å². The number of aliphatic hydroxyl groups is 2. The summed E-state index contributed by atoms with van der Waals surface area (Å²) < 4.78 is 5.96. The predicted molar refractivity (Wildman–Crippen MR) is 273 cm³/mol. The van der Waals surface area contributed by atoms with Crippen molar-refractivity contribution in [1.29, 1.82) is 0 Å². The molecule has 0 heterocycles. The van der Waals surface area contributed by atoms with Crippen molar-refractivity contribution >= 4 is 11.9 Å². The molecule has 1 amide bonds. The number of amides is 1. The molecule has 0 aliphatic carbocycles. The van der Waals surface area contributed by atoms with Crippen molar-refractivity contribution in [3.63, 3.8) is 0 Å². The summed E-state index contributed by atoms with van der Waals surface area (Å²) in [6.45, 7) is 6.52. The van der Waals surface area contributed by atoms with Crippen LogP contribution in [0.2, 0.25) is 0 Å². The Hall–Kier alpha value is -1.40. The minimum atomic E-state index is -0.783. The van der Waals surface area contributed by atoms with E-state index in [1.807, 2.05) is 0 Å². The lowest BCUT2D eigenvalue weighted by molar-refractivity contribution is -0.151. The maximum atomic E-state index is 13.2. The molecular formula is C57H111NO5. The van der Waals surface area contributed by atoms with Crippen LogP contribution in [0.4, 0.5) is 0 Å². The highest BCUT2D eigenvalue weighted by Crippen LogP contribution is 2.19. The summed E-state index contributed by atoms with van der Waals surface area (Å²) in [5.41, 5.74) is 0. The van der Waals surface area contributed by atoms with Gasteiger partial charge in [0.05, 0.1) is 25.2 Å². The fourth-order valence-electron chi connectivity index (χ4n) is 9.02. The molecule has 374 valence electrons. The normalized spacial score (nSPS) is 13.2. The second kappa shape index (κ2) is 51.6. The van der Waals surface area contributed by atoms with Gasteiger partial charge < -0.3 is 20.3 Å². The highest BCUT2D eigenvalue weighted by Gasteiger charge is 2.24. The lowest BCUT2D eigenvalue weighted by Crippen LogP contribution is -2.46. The van der Waals surface area contributed by atoms with Gasteiger partial charge in [-0.05, 0) is 51.4 Å². The van der Waals surface area contributed by atoms with Crippen LogP contribution in [-0.2, 0) is 14.3 Å². The molecule has 0 aliphatic rings. The molecule has 3 N–H and O–H groups in total. The Bertz CT molecular complexity index is 955. The molecule has 0 fully saturated rings. The molecule has 0 spiro atoms. The first-order chi connectivity index (χ1) is 31.0. The number of ether oxygens (including phenoxy) is 1. The molecule has 0 aromatic carbocycles. The maximum absolute atomic E-state index is 13.2. The lowest BCUT2D eigenvalue weighted by atomic mass is 10.0. The number of hydrogen-bond donors (Lipinski definition) is 3. The van der Waals surface area contributed by atoms with Crippen molar-refractivity contribution in [1.82, 2.24) is 5.32 Å². The third-order valence-corrected chi connectivity index (χ3v) is 13.3. The van der Waals surface area contributed by atoms with Crippen molar-refractivity contribution in [2.45, 2.75) is 334 Å². The molecule has 3 unspecified atom stereocenters. The summed E-state index contributed by atoms with van der Waals surface area (Å²) in [6.07, 6.45) is 58.5. The fraction of sp³-hybridized carbons (Fsp3) is 0.930. The van der Waals surface area contributed by atoms with Crippen molar-refractivity contribution < 1.29 is 24.5 Å². The molecule has 63 heavy (non-hydrogen) atoms. The van der Waals surface area contributed by atoms with Crippen LogP contribution in [0.3, 0.4) is 0 Å². The average Bonchev–Trinajstić information content (AvgIpc) is 3.28. The number of hydrogen-bond acceptors (Lipinski definition) is 5. The Balaban J connectivity index is 4.49. The predicted octanol–water partition coefficient (Wildman–Crippen LogP) is 17.3. The largest absolute Gasteiger partial charge is 0.462 e. The minimum Gasteiger partial charge on any atom is -0.462 e. The molecule has 0 radical (unpaired) electrons. The van der Waals surface area contributed by atoms with Crippen LogP contribution in [0.15, 0.2) is 12.2 Å². The number of aliphatic hydroxyl groups excluding tert-OH is 2. The van der Waals surface area contributed by atoms with E-state index < -0.39 is 18.2 Å². The van der Waals surface area contributed by atoms with Crippen molar-refractivity contribution in [2.75, 3.05) is 6.61 Å². The highest BCUT2D eigenvalue weighted by molar-refractivity contribution is 5.77. The Morgan fingerprint density at radius 3 is 1.13 bits per heavy atom. The van der Waals surface area contributed by atoms with Gasteiger partial charge in [0.15, 0.2) is 0 Å². The lowest BCUT2D eigenvalue weighted by Gasteiger charge is -2.24. The number of carbonyl (C=O) groups excluding carboxylic acids is 2. The van der Waals surface area contributed by atoms with Gasteiger partial charge in [0, 0.05) is 6.42 Å². The molecule has 3 atom stereocenters. The molecule has 0 bridgehead atoms. The number of allylic oxidation sites excluding steroid dienone is 2. The second-order valence-corrected chi connectivity index (χ2v) is 19.7. The topological polar surface area (TPSA) is 95.9 Å². The first-order valence-corrected chi connectivity index (χ1v) is 28.4. The van der Waals surface area contributed by atoms with Gasteiger partial charge in [0.25, 0.3) is 0 Å². The Kier molecular flexibility index (Phi) is 50.4. The van der Waals surface area contributed by atoms with Gasteiger partial charge in [-0.2, -0.15) is 0 Å². The molecule has 6 nitrogen and oxygen atoms in total. The molecule has 0 aliphatic heterocycles. The Labute approximate surface area is 393 Å². The van der Waals surface area contributed by atoms with E-state index in [2.05, 4.69) is 38.2 Å². The quantitative estimate of drug-likeness (QED) is 0.0321. The summed E-state index contributed by atoms with van der Waals surface area (Å²) in [7, 11) is 0. The zero-order valence-corrected chi connectivity index (χ0v) is 42.7. The van der Waals surface area contributed by atoms with Crippen molar-refractivity contribution in [3.05, 3.63) is 12.2 Å². The molecule has 0 aromatic heterocycles. The summed E-state index contributed by atoms with van der Waals surface area (Å²) in [6, 6.07) is -0.697. The highest BCUT2D eigenvalue weighted by atomic mass is 16.5. The third-order valence-electron chi connectivity index (χ3n) is 13.3. The molecule has 0 rings (SSSR count). The van der Waals surface area contributed by atoms with E-state index in [1.54, 1.807) is 0 Å². The fourth-order valence-corrected chi connectivity index (χ4v) is 9.02. The Morgan fingerprint density at radius 2 is 0.762 bits per heavy atom. The van der Waals surface area contributed by atoms with Crippen LogP contribution >= 0.6 is 0 Å². The first kappa shape index (κ1) is 61.6. The van der Waals surface area contributed by atoms with Crippen molar-refractivity contribution in [3.8, 4) is 0 Å². The van der Waals surface area contributed by atoms with E-state index in [4.69, 9.17) is 4.74 Å². The van der Waals surface area contributed by atoms with Crippen LogP contribution in [0, 0.1) is 0 Å². The van der Waals surface area contributed by atoms with E-state index in [0.717, 1.165) is 51.4 Å². The second-order valence-electron chi connectivity index (χ2n) is 19.7. The number of esters is 1. The summed E-state index contributed by atoms with van der Waals surface area (Å²) in [5.74, 6) is -0.462.